The van der Waals surface area contributed by atoms with Crippen molar-refractivity contribution in [2.24, 2.45) is 5.92 Å². The number of amides is 1. The van der Waals surface area contributed by atoms with Gasteiger partial charge in [0.1, 0.15) is 18.2 Å². The number of piperidine rings is 3. The summed E-state index contributed by atoms with van der Waals surface area (Å²) in [5.74, 6) is 1.02. The first kappa shape index (κ1) is 17.0. The van der Waals surface area contributed by atoms with Gasteiger partial charge in [0.15, 0.2) is 5.76 Å². The Bertz CT molecular complexity index is 841. The third-order valence-electron chi connectivity index (χ3n) is 6.58. The van der Waals surface area contributed by atoms with Crippen molar-refractivity contribution < 1.29 is 18.7 Å². The number of aliphatic hydroxyl groups is 1. The molecule has 0 unspecified atom stereocenters. The average Bonchev–Trinajstić information content (AvgIpc) is 3.35. The van der Waals surface area contributed by atoms with Crippen LogP contribution in [-0.2, 0) is 6.61 Å². The fourth-order valence-corrected chi connectivity index (χ4v) is 5.38. The van der Waals surface area contributed by atoms with Gasteiger partial charge in [0.25, 0.3) is 5.91 Å². The van der Waals surface area contributed by atoms with Crippen LogP contribution in [0.4, 0.5) is 4.39 Å². The molecule has 0 saturated carbocycles. The molecule has 5 nitrogen and oxygen atoms in total. The smallest absolute Gasteiger partial charge is 0.289 e. The molecule has 6 rings (SSSR count). The molecule has 1 aromatic carbocycles. The number of nitrogens with zero attached hydrogens (tertiary/aromatic N) is 2. The van der Waals surface area contributed by atoms with Gasteiger partial charge < -0.3 is 14.4 Å². The molecule has 142 valence electrons. The van der Waals surface area contributed by atoms with Gasteiger partial charge in [0, 0.05) is 18.5 Å². The van der Waals surface area contributed by atoms with Crippen LogP contribution < -0.4 is 0 Å². The van der Waals surface area contributed by atoms with E-state index in [-0.39, 0.29) is 42.1 Å². The standard InChI is InChI=1S/C21H23FN2O3/c22-15-3-1-13(2-4-15)17-11-24(21(26)18-6-5-16(12-25)27-18)19-14-7-9-23(10-8-14)20(17)19/h1-6,14,17,19-20,25H,7-12H2/t17-,19+,20+/m1/s1. The Morgan fingerprint density at radius 3 is 2.52 bits per heavy atom. The van der Waals surface area contributed by atoms with Crippen molar-refractivity contribution >= 4 is 5.91 Å². The van der Waals surface area contributed by atoms with E-state index in [0.717, 1.165) is 31.5 Å². The van der Waals surface area contributed by atoms with Gasteiger partial charge in [-0.15, -0.1) is 0 Å². The van der Waals surface area contributed by atoms with Gasteiger partial charge in [0.05, 0.1) is 6.04 Å². The molecule has 4 aliphatic rings. The zero-order valence-electron chi connectivity index (χ0n) is 15.1. The number of carbonyl (C=O) groups is 1. The average molecular weight is 370 g/mol. The lowest BCUT2D eigenvalue weighted by atomic mass is 9.75. The van der Waals surface area contributed by atoms with E-state index in [9.17, 15) is 14.3 Å². The Hall–Kier alpha value is -2.18. The van der Waals surface area contributed by atoms with E-state index in [0.29, 0.717) is 18.2 Å². The molecule has 1 N–H and O–H groups in total. The van der Waals surface area contributed by atoms with Gasteiger partial charge in [-0.1, -0.05) is 12.1 Å². The maximum Gasteiger partial charge on any atom is 0.289 e. The molecule has 2 bridgehead atoms. The van der Waals surface area contributed by atoms with Crippen LogP contribution in [-0.4, -0.2) is 52.5 Å². The summed E-state index contributed by atoms with van der Waals surface area (Å²) in [6.45, 7) is 2.54. The highest BCUT2D eigenvalue weighted by molar-refractivity contribution is 5.92. The SMILES string of the molecule is O=C(c1ccc(CO)o1)N1C[C@H](c2ccc(F)cc2)[C@H]2[C@@H]1C1CCN2CC1. The van der Waals surface area contributed by atoms with Crippen molar-refractivity contribution in [2.75, 3.05) is 19.6 Å². The third kappa shape index (κ3) is 2.70. The first-order chi connectivity index (χ1) is 13.2. The van der Waals surface area contributed by atoms with Crippen molar-refractivity contribution in [1.82, 2.24) is 9.80 Å². The fourth-order valence-electron chi connectivity index (χ4n) is 5.38. The van der Waals surface area contributed by atoms with Crippen molar-refractivity contribution in [3.8, 4) is 0 Å². The summed E-state index contributed by atoms with van der Waals surface area (Å²) < 4.78 is 18.9. The number of fused-ring (bicyclic) bond motifs is 2. The molecule has 6 heteroatoms. The normalized spacial score (nSPS) is 31.9. The van der Waals surface area contributed by atoms with Gasteiger partial charge in [0.2, 0.25) is 0 Å². The number of hydrogen-bond acceptors (Lipinski definition) is 4. The second-order valence-corrected chi connectivity index (χ2v) is 7.89. The Morgan fingerprint density at radius 1 is 1.11 bits per heavy atom. The number of likely N-dealkylation sites (tertiary alicyclic amines) is 1. The topological polar surface area (TPSA) is 56.9 Å². The molecular weight excluding hydrogens is 347 g/mol. The molecule has 3 atom stereocenters. The first-order valence-electron chi connectivity index (χ1n) is 9.66. The van der Waals surface area contributed by atoms with Crippen LogP contribution in [0.25, 0.3) is 0 Å². The maximum atomic E-state index is 13.4. The molecule has 0 aliphatic carbocycles. The zero-order valence-corrected chi connectivity index (χ0v) is 15.1. The first-order valence-corrected chi connectivity index (χ1v) is 9.66. The Balaban J connectivity index is 1.50. The van der Waals surface area contributed by atoms with Crippen LogP contribution in [0.2, 0.25) is 0 Å². The van der Waals surface area contributed by atoms with Gasteiger partial charge in [-0.3, -0.25) is 9.69 Å². The highest BCUT2D eigenvalue weighted by atomic mass is 19.1. The number of rotatable bonds is 3. The van der Waals surface area contributed by atoms with Gasteiger partial charge in [-0.25, -0.2) is 4.39 Å². The molecule has 1 aromatic heterocycles. The number of furan rings is 1. The molecular formula is C21H23FN2O3. The second-order valence-electron chi connectivity index (χ2n) is 7.89. The molecule has 0 spiro atoms. The van der Waals surface area contributed by atoms with Crippen LogP contribution in [0.15, 0.2) is 40.8 Å². The van der Waals surface area contributed by atoms with Gasteiger partial charge in [-0.2, -0.15) is 0 Å². The summed E-state index contributed by atoms with van der Waals surface area (Å²) >= 11 is 0. The Kier molecular flexibility index (Phi) is 4.06. The molecule has 4 fully saturated rings. The van der Waals surface area contributed by atoms with Crippen LogP contribution in [0.5, 0.6) is 0 Å². The maximum absolute atomic E-state index is 13.4. The highest BCUT2D eigenvalue weighted by Gasteiger charge is 2.55. The lowest BCUT2D eigenvalue weighted by Crippen LogP contribution is -2.60. The summed E-state index contributed by atoms with van der Waals surface area (Å²) in [5, 5.41) is 9.23. The molecule has 4 aliphatic heterocycles. The second kappa shape index (κ2) is 6.46. The number of carbonyl (C=O) groups excluding carboxylic acids is 1. The summed E-state index contributed by atoms with van der Waals surface area (Å²) in [5.41, 5.74) is 1.09. The minimum absolute atomic E-state index is 0.108. The van der Waals surface area contributed by atoms with Crippen LogP contribution in [0.3, 0.4) is 0 Å². The van der Waals surface area contributed by atoms with E-state index >= 15 is 0 Å². The van der Waals surface area contributed by atoms with Crippen LogP contribution >= 0.6 is 0 Å². The molecule has 1 amide bonds. The van der Waals surface area contributed by atoms with E-state index in [1.807, 2.05) is 17.0 Å². The largest absolute Gasteiger partial charge is 0.453 e. The predicted octanol–water partition coefficient (Wildman–Crippen LogP) is 2.61. The number of halogens is 1. The summed E-state index contributed by atoms with van der Waals surface area (Å²) in [6, 6.07) is 10.5. The third-order valence-corrected chi connectivity index (χ3v) is 6.58. The monoisotopic (exact) mass is 370 g/mol. The highest BCUT2D eigenvalue weighted by Crippen LogP contribution is 2.47. The van der Waals surface area contributed by atoms with Gasteiger partial charge in [-0.05, 0) is 61.7 Å². The minimum Gasteiger partial charge on any atom is -0.453 e. The molecule has 4 saturated heterocycles. The fraction of sp³-hybridized carbons (Fsp3) is 0.476. The summed E-state index contributed by atoms with van der Waals surface area (Å²) in [6.07, 6.45) is 2.22. The van der Waals surface area contributed by atoms with Gasteiger partial charge >= 0.3 is 0 Å². The van der Waals surface area contributed by atoms with E-state index in [1.165, 1.54) is 12.1 Å². The van der Waals surface area contributed by atoms with E-state index in [4.69, 9.17) is 4.42 Å². The van der Waals surface area contributed by atoms with Crippen molar-refractivity contribution in [3.05, 3.63) is 59.3 Å². The van der Waals surface area contributed by atoms with E-state index < -0.39 is 0 Å². The number of hydrogen-bond donors (Lipinski definition) is 1. The molecule has 0 radical (unpaired) electrons. The molecule has 5 heterocycles. The van der Waals surface area contributed by atoms with E-state index in [1.54, 1.807) is 12.1 Å². The lowest BCUT2D eigenvalue weighted by Gasteiger charge is -2.51. The Labute approximate surface area is 157 Å². The molecule has 2 aromatic rings. The van der Waals surface area contributed by atoms with Crippen molar-refractivity contribution in [3.63, 3.8) is 0 Å². The quantitative estimate of drug-likeness (QED) is 0.902. The number of aliphatic hydroxyl groups excluding tert-OH is 1. The minimum atomic E-state index is -0.237. The van der Waals surface area contributed by atoms with Crippen molar-refractivity contribution in [1.29, 1.82) is 0 Å². The predicted molar refractivity (Wildman–Crippen MR) is 96.7 cm³/mol. The number of benzene rings is 1. The van der Waals surface area contributed by atoms with Crippen molar-refractivity contribution in [2.45, 2.75) is 37.5 Å². The molecule has 27 heavy (non-hydrogen) atoms. The summed E-state index contributed by atoms with van der Waals surface area (Å²) in [4.78, 5) is 17.7. The summed E-state index contributed by atoms with van der Waals surface area (Å²) in [7, 11) is 0. The lowest BCUT2D eigenvalue weighted by molar-refractivity contribution is -0.00437. The zero-order chi connectivity index (χ0) is 18.5. The van der Waals surface area contributed by atoms with Crippen LogP contribution in [0, 0.1) is 11.7 Å². The van der Waals surface area contributed by atoms with Crippen LogP contribution in [0.1, 0.15) is 40.6 Å². The Morgan fingerprint density at radius 2 is 1.85 bits per heavy atom. The van der Waals surface area contributed by atoms with E-state index in [2.05, 4.69) is 4.90 Å².